The lowest BCUT2D eigenvalue weighted by Gasteiger charge is -2.37. The quantitative estimate of drug-likeness (QED) is 0.626. The number of hydrogen-bond acceptors (Lipinski definition) is 1. The average molecular weight is 205 g/mol. The first-order valence-corrected chi connectivity index (χ1v) is 6.65. The van der Waals surface area contributed by atoms with Gasteiger partial charge in [0.25, 0.3) is 0 Å². The number of rotatable bonds is 1. The maximum absolute atomic E-state index is 9.10. The maximum Gasteiger partial charge on any atom is 0.0686 e. The van der Waals surface area contributed by atoms with Gasteiger partial charge in [-0.15, -0.1) is 0 Å². The molecule has 0 N–H and O–H groups in total. The van der Waals surface area contributed by atoms with Crippen molar-refractivity contribution in [1.82, 2.24) is 0 Å². The maximum atomic E-state index is 9.10. The van der Waals surface area contributed by atoms with Crippen LogP contribution in [-0.2, 0) is 0 Å². The van der Waals surface area contributed by atoms with Crippen LogP contribution in [0.25, 0.3) is 0 Å². The van der Waals surface area contributed by atoms with Crippen molar-refractivity contribution in [2.45, 2.75) is 64.7 Å². The van der Waals surface area contributed by atoms with Crippen molar-refractivity contribution in [3.8, 4) is 6.07 Å². The Hall–Kier alpha value is -0.510. The highest BCUT2D eigenvalue weighted by Crippen LogP contribution is 2.44. The van der Waals surface area contributed by atoms with Gasteiger partial charge in [-0.05, 0) is 44.4 Å². The van der Waals surface area contributed by atoms with Crippen molar-refractivity contribution in [3.05, 3.63) is 0 Å². The van der Waals surface area contributed by atoms with E-state index in [2.05, 4.69) is 13.0 Å². The van der Waals surface area contributed by atoms with E-state index >= 15 is 0 Å². The van der Waals surface area contributed by atoms with E-state index < -0.39 is 0 Å². The third-order valence-electron chi connectivity index (χ3n) is 4.72. The first-order chi connectivity index (χ1) is 7.23. The fraction of sp³-hybridized carbons (Fsp3) is 0.929. The number of hydrogen-bond donors (Lipinski definition) is 0. The summed E-state index contributed by atoms with van der Waals surface area (Å²) in [7, 11) is 0. The molecule has 0 heterocycles. The van der Waals surface area contributed by atoms with Crippen LogP contribution < -0.4 is 0 Å². The summed E-state index contributed by atoms with van der Waals surface area (Å²) < 4.78 is 0. The minimum atomic E-state index is 0.00513. The van der Waals surface area contributed by atoms with Gasteiger partial charge in [0.1, 0.15) is 0 Å². The third kappa shape index (κ3) is 2.54. The van der Waals surface area contributed by atoms with Crippen LogP contribution in [0.3, 0.4) is 0 Å². The van der Waals surface area contributed by atoms with Gasteiger partial charge in [-0.2, -0.15) is 5.26 Å². The summed E-state index contributed by atoms with van der Waals surface area (Å²) in [4.78, 5) is 0. The van der Waals surface area contributed by atoms with Crippen LogP contribution in [0.5, 0.6) is 0 Å². The Bertz CT molecular complexity index is 237. The van der Waals surface area contributed by atoms with Crippen LogP contribution in [0.4, 0.5) is 0 Å². The third-order valence-corrected chi connectivity index (χ3v) is 4.72. The Morgan fingerprint density at radius 3 is 2.00 bits per heavy atom. The Morgan fingerprint density at radius 1 is 0.933 bits per heavy atom. The highest BCUT2D eigenvalue weighted by atomic mass is 14.4. The molecule has 0 aromatic rings. The summed E-state index contributed by atoms with van der Waals surface area (Å²) in [6.45, 7) is 2.14. The van der Waals surface area contributed by atoms with E-state index in [0.717, 1.165) is 24.7 Å². The summed E-state index contributed by atoms with van der Waals surface area (Å²) in [6.07, 6.45) is 12.2. The van der Waals surface area contributed by atoms with E-state index in [9.17, 15) is 0 Å². The molecule has 0 amide bonds. The normalized spacial score (nSPS) is 38.5. The molecule has 84 valence electrons. The van der Waals surface area contributed by atoms with Crippen molar-refractivity contribution >= 4 is 0 Å². The highest BCUT2D eigenvalue weighted by Gasteiger charge is 2.34. The summed E-state index contributed by atoms with van der Waals surface area (Å²) in [6, 6.07) is 2.50. The molecule has 2 aliphatic rings. The van der Waals surface area contributed by atoms with E-state index in [1.807, 2.05) is 0 Å². The van der Waals surface area contributed by atoms with Crippen molar-refractivity contribution in [1.29, 1.82) is 5.26 Å². The van der Waals surface area contributed by atoms with E-state index in [1.165, 1.54) is 44.9 Å². The molecular weight excluding hydrogens is 182 g/mol. The van der Waals surface area contributed by atoms with Crippen LogP contribution in [0.2, 0.25) is 0 Å². The first kappa shape index (κ1) is 11.0. The zero-order valence-corrected chi connectivity index (χ0v) is 9.97. The Balaban J connectivity index is 1.85. The molecule has 0 aromatic heterocycles. The minimum Gasteiger partial charge on any atom is -0.198 e. The van der Waals surface area contributed by atoms with Crippen LogP contribution in [-0.4, -0.2) is 0 Å². The van der Waals surface area contributed by atoms with Gasteiger partial charge in [-0.25, -0.2) is 0 Å². The first-order valence-electron chi connectivity index (χ1n) is 6.65. The molecule has 0 unspecified atom stereocenters. The second kappa shape index (κ2) is 4.56. The second-order valence-electron chi connectivity index (χ2n) is 5.91. The molecule has 0 aliphatic heterocycles. The molecular formula is C14H23N. The molecule has 15 heavy (non-hydrogen) atoms. The van der Waals surface area contributed by atoms with Gasteiger partial charge in [0, 0.05) is 0 Å². The minimum absolute atomic E-state index is 0.00513. The summed E-state index contributed by atoms with van der Waals surface area (Å²) in [5.41, 5.74) is 0.00513. The van der Waals surface area contributed by atoms with Gasteiger partial charge in [0.2, 0.25) is 0 Å². The van der Waals surface area contributed by atoms with Gasteiger partial charge in [-0.1, -0.05) is 32.1 Å². The number of nitrogens with zero attached hydrogens (tertiary/aromatic N) is 1. The fourth-order valence-corrected chi connectivity index (χ4v) is 3.47. The van der Waals surface area contributed by atoms with Crippen molar-refractivity contribution in [2.24, 2.45) is 17.3 Å². The summed E-state index contributed by atoms with van der Waals surface area (Å²) in [5, 5.41) is 9.10. The Morgan fingerprint density at radius 2 is 1.47 bits per heavy atom. The molecule has 2 fully saturated rings. The molecule has 0 saturated heterocycles. The standard InChI is InChI=1S/C14H23N/c1-14(11-15)9-7-13(8-10-14)12-5-3-2-4-6-12/h12-13H,2-10H2,1H3. The SMILES string of the molecule is CC1(C#N)CCC(C2CCCCC2)CC1. The second-order valence-corrected chi connectivity index (χ2v) is 5.91. The molecule has 0 radical (unpaired) electrons. The zero-order chi connectivity index (χ0) is 10.7. The van der Waals surface area contributed by atoms with Crippen LogP contribution >= 0.6 is 0 Å². The largest absolute Gasteiger partial charge is 0.198 e. The monoisotopic (exact) mass is 205 g/mol. The van der Waals surface area contributed by atoms with Crippen LogP contribution in [0, 0.1) is 28.6 Å². The molecule has 1 heteroatoms. The van der Waals surface area contributed by atoms with E-state index in [-0.39, 0.29) is 5.41 Å². The average Bonchev–Trinajstić information content (AvgIpc) is 2.31. The van der Waals surface area contributed by atoms with Gasteiger partial charge in [0.15, 0.2) is 0 Å². The lowest BCUT2D eigenvalue weighted by molar-refractivity contribution is 0.146. The number of nitriles is 1. The van der Waals surface area contributed by atoms with E-state index in [0.29, 0.717) is 0 Å². The van der Waals surface area contributed by atoms with Crippen molar-refractivity contribution < 1.29 is 0 Å². The molecule has 0 spiro atoms. The topological polar surface area (TPSA) is 23.8 Å². The van der Waals surface area contributed by atoms with E-state index in [1.54, 1.807) is 0 Å². The van der Waals surface area contributed by atoms with Gasteiger partial charge < -0.3 is 0 Å². The summed E-state index contributed by atoms with van der Waals surface area (Å²) >= 11 is 0. The molecule has 2 aliphatic carbocycles. The van der Waals surface area contributed by atoms with Crippen LogP contribution in [0.1, 0.15) is 64.7 Å². The fourth-order valence-electron chi connectivity index (χ4n) is 3.47. The zero-order valence-electron chi connectivity index (χ0n) is 9.97. The molecule has 0 bridgehead atoms. The molecule has 0 aromatic carbocycles. The van der Waals surface area contributed by atoms with Gasteiger partial charge in [0.05, 0.1) is 11.5 Å². The molecule has 2 saturated carbocycles. The summed E-state index contributed by atoms with van der Waals surface area (Å²) in [5.74, 6) is 1.95. The smallest absolute Gasteiger partial charge is 0.0686 e. The Kier molecular flexibility index (Phi) is 3.34. The molecule has 0 atom stereocenters. The lowest BCUT2D eigenvalue weighted by atomic mass is 9.66. The predicted molar refractivity (Wildman–Crippen MR) is 62.3 cm³/mol. The molecule has 1 nitrogen and oxygen atoms in total. The Labute approximate surface area is 93.9 Å². The van der Waals surface area contributed by atoms with Gasteiger partial charge >= 0.3 is 0 Å². The van der Waals surface area contributed by atoms with Crippen molar-refractivity contribution in [2.75, 3.05) is 0 Å². The molecule has 2 rings (SSSR count). The van der Waals surface area contributed by atoms with E-state index in [4.69, 9.17) is 5.26 Å². The van der Waals surface area contributed by atoms with Crippen molar-refractivity contribution in [3.63, 3.8) is 0 Å². The highest BCUT2D eigenvalue weighted by molar-refractivity contribution is 4.99. The lowest BCUT2D eigenvalue weighted by Crippen LogP contribution is -2.28. The van der Waals surface area contributed by atoms with Crippen LogP contribution in [0.15, 0.2) is 0 Å². The predicted octanol–water partition coefficient (Wildman–Crippen LogP) is 4.29. The van der Waals surface area contributed by atoms with Gasteiger partial charge in [-0.3, -0.25) is 0 Å².